The first-order chi connectivity index (χ1) is 9.58. The topological polar surface area (TPSA) is 117 Å². The Morgan fingerprint density at radius 2 is 2.15 bits per heavy atom. The van der Waals surface area contributed by atoms with Gasteiger partial charge < -0.3 is 4.74 Å². The number of hydrogen-bond donors (Lipinski definition) is 1. The molecule has 1 N–H and O–H groups in total. The van der Waals surface area contributed by atoms with Gasteiger partial charge in [0.1, 0.15) is 5.69 Å². The molecule has 9 heteroatoms. The van der Waals surface area contributed by atoms with E-state index < -0.39 is 15.5 Å². The van der Waals surface area contributed by atoms with E-state index in [0.717, 1.165) is 12.5 Å². The number of rotatable bonds is 6. The smallest absolute Gasteiger partial charge is 0.301 e. The quantitative estimate of drug-likeness (QED) is 0.625. The van der Waals surface area contributed by atoms with Crippen LogP contribution < -0.4 is 5.48 Å². The van der Waals surface area contributed by atoms with Crippen molar-refractivity contribution in [2.45, 2.75) is 6.42 Å². The second kappa shape index (κ2) is 6.26. The summed E-state index contributed by atoms with van der Waals surface area (Å²) >= 11 is 0. The molecule has 1 aromatic carbocycles. The van der Waals surface area contributed by atoms with Gasteiger partial charge in [-0.15, -0.1) is 0 Å². The van der Waals surface area contributed by atoms with Crippen LogP contribution in [-0.4, -0.2) is 29.7 Å². The molecule has 0 aromatic heterocycles. The number of hydrogen-bond acceptors (Lipinski definition) is 7. The third-order valence-corrected chi connectivity index (χ3v) is 2.91. The standard InChI is InChI=1S/C11H13N3O6/c15-13(16)9-1-2-10(11(5-9)14(17)18)12-20-7-8-3-4-19-6-8/h1-2,5,8,12H,3-4,6-7H2. The molecule has 0 aliphatic carbocycles. The summed E-state index contributed by atoms with van der Waals surface area (Å²) in [5, 5.41) is 21.5. The van der Waals surface area contributed by atoms with Crippen LogP contribution in [0.2, 0.25) is 0 Å². The lowest BCUT2D eigenvalue weighted by Crippen LogP contribution is -2.13. The largest absolute Gasteiger partial charge is 0.381 e. The van der Waals surface area contributed by atoms with Gasteiger partial charge in [0, 0.05) is 18.6 Å². The molecule has 1 aliphatic heterocycles. The van der Waals surface area contributed by atoms with Gasteiger partial charge in [0.2, 0.25) is 0 Å². The first-order valence-electron chi connectivity index (χ1n) is 5.96. The molecular formula is C11H13N3O6. The van der Waals surface area contributed by atoms with E-state index >= 15 is 0 Å². The molecule has 0 radical (unpaired) electrons. The summed E-state index contributed by atoms with van der Waals surface area (Å²) in [5.74, 6) is 0.250. The lowest BCUT2D eigenvalue weighted by atomic mass is 10.1. The molecule has 0 bridgehead atoms. The highest BCUT2D eigenvalue weighted by Gasteiger charge is 2.20. The molecular weight excluding hydrogens is 270 g/mol. The number of nitrogens with zero attached hydrogens (tertiary/aromatic N) is 2. The summed E-state index contributed by atoms with van der Waals surface area (Å²) in [7, 11) is 0. The molecule has 0 spiro atoms. The highest BCUT2D eigenvalue weighted by molar-refractivity contribution is 5.64. The van der Waals surface area contributed by atoms with Gasteiger partial charge in [0.05, 0.1) is 29.1 Å². The number of nitro groups is 2. The maximum Gasteiger partial charge on any atom is 0.301 e. The Morgan fingerprint density at radius 3 is 2.75 bits per heavy atom. The van der Waals surface area contributed by atoms with Crippen LogP contribution in [0.15, 0.2) is 18.2 Å². The monoisotopic (exact) mass is 283 g/mol. The van der Waals surface area contributed by atoms with Crippen LogP contribution in [0.4, 0.5) is 17.1 Å². The summed E-state index contributed by atoms with van der Waals surface area (Å²) in [6.45, 7) is 1.64. The molecule has 108 valence electrons. The summed E-state index contributed by atoms with van der Waals surface area (Å²) in [6, 6.07) is 3.32. The molecule has 2 rings (SSSR count). The van der Waals surface area contributed by atoms with Crippen molar-refractivity contribution in [3.63, 3.8) is 0 Å². The number of nitro benzene ring substituents is 2. The number of anilines is 1. The number of non-ortho nitro benzene ring substituents is 1. The minimum Gasteiger partial charge on any atom is -0.381 e. The molecule has 1 unspecified atom stereocenters. The normalized spacial score (nSPS) is 17.9. The van der Waals surface area contributed by atoms with Crippen LogP contribution in [-0.2, 0) is 9.57 Å². The Balaban J connectivity index is 2.02. The summed E-state index contributed by atoms with van der Waals surface area (Å²) in [6.07, 6.45) is 0.879. The van der Waals surface area contributed by atoms with Crippen molar-refractivity contribution in [3.8, 4) is 0 Å². The SMILES string of the molecule is O=[N+]([O-])c1ccc(NOCC2CCOC2)c([N+](=O)[O-])c1. The average Bonchev–Trinajstić information content (AvgIpc) is 2.91. The highest BCUT2D eigenvalue weighted by atomic mass is 16.7. The molecule has 1 atom stereocenters. The van der Waals surface area contributed by atoms with Gasteiger partial charge in [-0.1, -0.05) is 0 Å². The zero-order valence-electron chi connectivity index (χ0n) is 10.5. The number of nitrogens with one attached hydrogen (secondary N) is 1. The second-order valence-electron chi connectivity index (χ2n) is 4.36. The molecule has 1 fully saturated rings. The maximum atomic E-state index is 10.9. The lowest BCUT2D eigenvalue weighted by molar-refractivity contribution is -0.393. The van der Waals surface area contributed by atoms with Crippen LogP contribution in [0.3, 0.4) is 0 Å². The van der Waals surface area contributed by atoms with Crippen LogP contribution in [0.1, 0.15) is 6.42 Å². The molecule has 1 heterocycles. The van der Waals surface area contributed by atoms with E-state index in [1.807, 2.05) is 0 Å². The van der Waals surface area contributed by atoms with Gasteiger partial charge in [-0.2, -0.15) is 0 Å². The van der Waals surface area contributed by atoms with E-state index in [-0.39, 0.29) is 17.3 Å². The lowest BCUT2D eigenvalue weighted by Gasteiger charge is -2.10. The molecule has 1 aliphatic rings. The summed E-state index contributed by atoms with van der Waals surface area (Å²) < 4.78 is 5.17. The van der Waals surface area contributed by atoms with Crippen molar-refractivity contribution >= 4 is 17.1 Å². The fourth-order valence-corrected chi connectivity index (χ4v) is 1.82. The van der Waals surface area contributed by atoms with Crippen molar-refractivity contribution < 1.29 is 19.4 Å². The van der Waals surface area contributed by atoms with Crippen molar-refractivity contribution in [1.29, 1.82) is 0 Å². The van der Waals surface area contributed by atoms with Gasteiger partial charge in [0.15, 0.2) is 0 Å². The zero-order valence-corrected chi connectivity index (χ0v) is 10.5. The molecule has 1 aromatic rings. The van der Waals surface area contributed by atoms with Gasteiger partial charge >= 0.3 is 5.69 Å². The maximum absolute atomic E-state index is 10.9. The second-order valence-corrected chi connectivity index (χ2v) is 4.36. The first kappa shape index (κ1) is 14.2. The molecule has 9 nitrogen and oxygen atoms in total. The molecule has 20 heavy (non-hydrogen) atoms. The minimum atomic E-state index is -0.697. The predicted molar refractivity (Wildman–Crippen MR) is 68.3 cm³/mol. The van der Waals surface area contributed by atoms with Crippen LogP contribution >= 0.6 is 0 Å². The van der Waals surface area contributed by atoms with E-state index in [1.54, 1.807) is 0 Å². The van der Waals surface area contributed by atoms with Crippen molar-refractivity contribution in [2.75, 3.05) is 25.3 Å². The van der Waals surface area contributed by atoms with E-state index in [9.17, 15) is 20.2 Å². The average molecular weight is 283 g/mol. The van der Waals surface area contributed by atoms with E-state index in [2.05, 4.69) is 5.48 Å². The molecule has 1 saturated heterocycles. The predicted octanol–water partition coefficient (Wildman–Crippen LogP) is 1.88. The molecule has 0 saturated carbocycles. The Kier molecular flexibility index (Phi) is 4.43. The highest BCUT2D eigenvalue weighted by Crippen LogP contribution is 2.29. The van der Waals surface area contributed by atoms with E-state index in [1.165, 1.54) is 12.1 Å². The van der Waals surface area contributed by atoms with Crippen molar-refractivity contribution in [3.05, 3.63) is 38.4 Å². The van der Waals surface area contributed by atoms with Gasteiger partial charge in [-0.3, -0.25) is 30.5 Å². The minimum absolute atomic E-state index is 0.0829. The first-order valence-corrected chi connectivity index (χ1v) is 5.96. The van der Waals surface area contributed by atoms with E-state index in [0.29, 0.717) is 19.8 Å². The fraction of sp³-hybridized carbons (Fsp3) is 0.455. The van der Waals surface area contributed by atoms with Gasteiger partial charge in [-0.25, -0.2) is 0 Å². The van der Waals surface area contributed by atoms with Crippen molar-refractivity contribution in [1.82, 2.24) is 0 Å². The zero-order chi connectivity index (χ0) is 14.5. The van der Waals surface area contributed by atoms with Crippen molar-refractivity contribution in [2.24, 2.45) is 5.92 Å². The number of benzene rings is 1. The van der Waals surface area contributed by atoms with Crippen LogP contribution in [0.5, 0.6) is 0 Å². The summed E-state index contributed by atoms with van der Waals surface area (Å²) in [4.78, 5) is 25.3. The van der Waals surface area contributed by atoms with Crippen LogP contribution in [0.25, 0.3) is 0 Å². The summed E-state index contributed by atoms with van der Waals surface area (Å²) in [5.41, 5.74) is 1.81. The van der Waals surface area contributed by atoms with Gasteiger partial charge in [-0.05, 0) is 12.5 Å². The third-order valence-electron chi connectivity index (χ3n) is 2.91. The number of ether oxygens (including phenoxy) is 1. The van der Waals surface area contributed by atoms with E-state index in [4.69, 9.17) is 9.57 Å². The molecule has 0 amide bonds. The Hall–Kier alpha value is -2.26. The third kappa shape index (κ3) is 3.39. The Labute approximate surface area is 113 Å². The Bertz CT molecular complexity index is 515. The fourth-order valence-electron chi connectivity index (χ4n) is 1.82. The van der Waals surface area contributed by atoms with Gasteiger partial charge in [0.25, 0.3) is 5.69 Å². The van der Waals surface area contributed by atoms with Crippen LogP contribution in [0, 0.1) is 26.1 Å². The Morgan fingerprint density at radius 1 is 1.35 bits per heavy atom.